The molecule has 0 amide bonds. The average Bonchev–Trinajstić information content (AvgIpc) is 2.65. The smallest absolute Gasteiger partial charge is 0.137 e. The molecule has 1 heterocycles. The molecule has 0 saturated carbocycles. The van der Waals surface area contributed by atoms with Gasteiger partial charge in [0, 0.05) is 7.05 Å². The maximum atomic E-state index is 8.93. The van der Waals surface area contributed by atoms with Crippen LogP contribution in [0.2, 0.25) is 0 Å². The Morgan fingerprint density at radius 2 is 2.18 bits per heavy atom. The zero-order chi connectivity index (χ0) is 12.3. The van der Waals surface area contributed by atoms with Crippen LogP contribution in [0.15, 0.2) is 30.3 Å². The average molecular weight is 227 g/mol. The maximum absolute atomic E-state index is 8.93. The summed E-state index contributed by atoms with van der Waals surface area (Å²) in [6, 6.07) is 11.3. The summed E-state index contributed by atoms with van der Waals surface area (Å²) in [6.45, 7) is 2.35. The van der Waals surface area contributed by atoms with Crippen LogP contribution in [0, 0.1) is 18.3 Å². The van der Waals surface area contributed by atoms with E-state index in [1.807, 2.05) is 32.2 Å². The van der Waals surface area contributed by atoms with E-state index < -0.39 is 0 Å². The Kier molecular flexibility index (Phi) is 3.10. The zero-order valence-electron chi connectivity index (χ0n) is 9.84. The molecule has 0 N–H and O–H groups in total. The van der Waals surface area contributed by atoms with Crippen LogP contribution in [0.25, 0.3) is 0 Å². The number of para-hydroxylation sites is 1. The predicted octanol–water partition coefficient (Wildman–Crippen LogP) is 2.18. The first-order chi connectivity index (χ1) is 8.20. The van der Waals surface area contributed by atoms with Gasteiger partial charge in [-0.3, -0.25) is 4.68 Å². The van der Waals surface area contributed by atoms with E-state index in [4.69, 9.17) is 10.00 Å². The number of rotatable bonds is 3. The molecule has 0 atom stereocenters. The number of aromatic nitrogens is 2. The molecule has 0 aliphatic heterocycles. The van der Waals surface area contributed by atoms with Gasteiger partial charge in [-0.15, -0.1) is 0 Å². The summed E-state index contributed by atoms with van der Waals surface area (Å²) in [7, 11) is 1.88. The van der Waals surface area contributed by atoms with Gasteiger partial charge in [-0.1, -0.05) is 12.1 Å². The van der Waals surface area contributed by atoms with Crippen LogP contribution >= 0.6 is 0 Å². The van der Waals surface area contributed by atoms with Gasteiger partial charge in [0.05, 0.1) is 17.0 Å². The number of hydrogen-bond donors (Lipinski definition) is 0. The van der Waals surface area contributed by atoms with Crippen molar-refractivity contribution in [1.29, 1.82) is 5.26 Å². The van der Waals surface area contributed by atoms with Gasteiger partial charge >= 0.3 is 0 Å². The quantitative estimate of drug-likeness (QED) is 0.807. The first-order valence-electron chi connectivity index (χ1n) is 5.32. The Labute approximate surface area is 100 Å². The number of benzene rings is 1. The molecule has 0 aliphatic rings. The van der Waals surface area contributed by atoms with E-state index in [2.05, 4.69) is 11.2 Å². The molecule has 0 spiro atoms. The number of ether oxygens (including phenoxy) is 1. The van der Waals surface area contributed by atoms with E-state index >= 15 is 0 Å². The van der Waals surface area contributed by atoms with E-state index in [1.165, 1.54) is 0 Å². The predicted molar refractivity (Wildman–Crippen MR) is 63.4 cm³/mol. The van der Waals surface area contributed by atoms with E-state index in [0.717, 1.165) is 11.4 Å². The lowest BCUT2D eigenvalue weighted by Gasteiger charge is -2.07. The summed E-state index contributed by atoms with van der Waals surface area (Å²) in [5, 5.41) is 13.2. The van der Waals surface area contributed by atoms with Gasteiger partial charge in [0.25, 0.3) is 0 Å². The molecule has 1 aromatic carbocycles. The van der Waals surface area contributed by atoms with Crippen LogP contribution in [0.3, 0.4) is 0 Å². The summed E-state index contributed by atoms with van der Waals surface area (Å²) in [4.78, 5) is 0. The van der Waals surface area contributed by atoms with Crippen molar-refractivity contribution >= 4 is 0 Å². The third-order valence-corrected chi connectivity index (χ3v) is 2.48. The highest BCUT2D eigenvalue weighted by molar-refractivity contribution is 5.42. The van der Waals surface area contributed by atoms with Gasteiger partial charge in [0.2, 0.25) is 0 Å². The molecule has 86 valence electrons. The second kappa shape index (κ2) is 4.71. The number of hydrogen-bond acceptors (Lipinski definition) is 3. The standard InChI is InChI=1S/C13H13N3O/c1-10-7-12(16(2)15-10)9-17-13-6-4-3-5-11(13)8-14/h3-7H,9H2,1-2H3. The van der Waals surface area contributed by atoms with E-state index in [9.17, 15) is 0 Å². The van der Waals surface area contributed by atoms with Crippen LogP contribution in [0.1, 0.15) is 17.0 Å². The fourth-order valence-electron chi connectivity index (χ4n) is 1.64. The largest absolute Gasteiger partial charge is 0.486 e. The van der Waals surface area contributed by atoms with Gasteiger partial charge in [0.15, 0.2) is 0 Å². The van der Waals surface area contributed by atoms with Crippen LogP contribution in [-0.2, 0) is 13.7 Å². The Bertz CT molecular complexity index is 566. The highest BCUT2D eigenvalue weighted by Gasteiger charge is 2.05. The topological polar surface area (TPSA) is 50.8 Å². The fourth-order valence-corrected chi connectivity index (χ4v) is 1.64. The lowest BCUT2D eigenvalue weighted by molar-refractivity contribution is 0.294. The SMILES string of the molecule is Cc1cc(COc2ccccc2C#N)n(C)n1. The van der Waals surface area contributed by atoms with Crippen molar-refractivity contribution in [3.05, 3.63) is 47.3 Å². The molecule has 0 unspecified atom stereocenters. The van der Waals surface area contributed by atoms with Gasteiger partial charge in [0.1, 0.15) is 18.4 Å². The maximum Gasteiger partial charge on any atom is 0.137 e. The summed E-state index contributed by atoms with van der Waals surface area (Å²) >= 11 is 0. The van der Waals surface area contributed by atoms with Crippen LogP contribution in [0.5, 0.6) is 5.75 Å². The van der Waals surface area contributed by atoms with Gasteiger partial charge in [-0.2, -0.15) is 10.4 Å². The molecule has 0 bridgehead atoms. The first-order valence-corrected chi connectivity index (χ1v) is 5.32. The first kappa shape index (κ1) is 11.2. The van der Waals surface area contributed by atoms with Crippen molar-refractivity contribution in [2.75, 3.05) is 0 Å². The third-order valence-electron chi connectivity index (χ3n) is 2.48. The van der Waals surface area contributed by atoms with Crippen molar-refractivity contribution < 1.29 is 4.74 Å². The molecule has 0 radical (unpaired) electrons. The number of aryl methyl sites for hydroxylation is 2. The van der Waals surface area contributed by atoms with Crippen LogP contribution < -0.4 is 4.74 Å². The molecule has 4 heteroatoms. The third kappa shape index (κ3) is 2.45. The molecule has 0 saturated heterocycles. The second-order valence-corrected chi connectivity index (χ2v) is 3.80. The highest BCUT2D eigenvalue weighted by Crippen LogP contribution is 2.18. The lowest BCUT2D eigenvalue weighted by atomic mass is 10.2. The zero-order valence-corrected chi connectivity index (χ0v) is 9.84. The van der Waals surface area contributed by atoms with Gasteiger partial charge in [-0.25, -0.2) is 0 Å². The summed E-state index contributed by atoms with van der Waals surface area (Å²) in [5.41, 5.74) is 2.49. The van der Waals surface area contributed by atoms with E-state index in [1.54, 1.807) is 16.8 Å². The van der Waals surface area contributed by atoms with Crippen molar-refractivity contribution in [2.45, 2.75) is 13.5 Å². The lowest BCUT2D eigenvalue weighted by Crippen LogP contribution is -2.03. The van der Waals surface area contributed by atoms with E-state index in [-0.39, 0.29) is 0 Å². The minimum Gasteiger partial charge on any atom is -0.486 e. The number of nitriles is 1. The highest BCUT2D eigenvalue weighted by atomic mass is 16.5. The van der Waals surface area contributed by atoms with Crippen LogP contribution in [0.4, 0.5) is 0 Å². The Morgan fingerprint density at radius 3 is 2.82 bits per heavy atom. The molecule has 2 rings (SSSR count). The molecular formula is C13H13N3O. The number of nitrogens with zero attached hydrogens (tertiary/aromatic N) is 3. The molecule has 2 aromatic rings. The Balaban J connectivity index is 2.13. The van der Waals surface area contributed by atoms with Crippen molar-refractivity contribution in [3.63, 3.8) is 0 Å². The summed E-state index contributed by atoms with van der Waals surface area (Å²) in [6.07, 6.45) is 0. The minimum absolute atomic E-state index is 0.413. The molecule has 4 nitrogen and oxygen atoms in total. The summed E-state index contributed by atoms with van der Waals surface area (Å²) < 4.78 is 7.41. The van der Waals surface area contributed by atoms with Crippen LogP contribution in [-0.4, -0.2) is 9.78 Å². The minimum atomic E-state index is 0.413. The molecular weight excluding hydrogens is 214 g/mol. The van der Waals surface area contributed by atoms with Crippen molar-refractivity contribution in [1.82, 2.24) is 9.78 Å². The fraction of sp³-hybridized carbons (Fsp3) is 0.231. The molecule has 1 aromatic heterocycles. The Hall–Kier alpha value is -2.28. The molecule has 0 fully saturated rings. The second-order valence-electron chi connectivity index (χ2n) is 3.80. The Morgan fingerprint density at radius 1 is 1.41 bits per heavy atom. The van der Waals surface area contributed by atoms with Crippen molar-refractivity contribution in [2.24, 2.45) is 7.05 Å². The van der Waals surface area contributed by atoms with Gasteiger partial charge < -0.3 is 4.74 Å². The van der Waals surface area contributed by atoms with E-state index in [0.29, 0.717) is 17.9 Å². The summed E-state index contributed by atoms with van der Waals surface area (Å²) in [5.74, 6) is 0.605. The van der Waals surface area contributed by atoms with Crippen molar-refractivity contribution in [3.8, 4) is 11.8 Å². The molecule has 17 heavy (non-hydrogen) atoms. The normalized spacial score (nSPS) is 9.94. The molecule has 0 aliphatic carbocycles. The van der Waals surface area contributed by atoms with Gasteiger partial charge in [-0.05, 0) is 25.1 Å². The monoisotopic (exact) mass is 227 g/mol.